The Morgan fingerprint density at radius 3 is 2.35 bits per heavy atom. The molecule has 40 heavy (non-hydrogen) atoms. The summed E-state index contributed by atoms with van der Waals surface area (Å²) in [6.45, 7) is 11.9. The van der Waals surface area contributed by atoms with E-state index in [-0.39, 0.29) is 18.7 Å². The Kier molecular flexibility index (Phi) is 11.5. The van der Waals surface area contributed by atoms with Crippen LogP contribution in [0.15, 0.2) is 69.7 Å². The number of nitrogens with one attached hydrogen (secondary N) is 2. The molecule has 2 aromatic carbocycles. The smallest absolute Gasteiger partial charge is 0.161 e. The summed E-state index contributed by atoms with van der Waals surface area (Å²) < 4.78 is 0. The van der Waals surface area contributed by atoms with Crippen LogP contribution in [0.3, 0.4) is 0 Å². The molecule has 0 aliphatic carbocycles. The van der Waals surface area contributed by atoms with Crippen LogP contribution in [0.25, 0.3) is 0 Å². The van der Waals surface area contributed by atoms with Gasteiger partial charge >= 0.3 is 0 Å². The van der Waals surface area contributed by atoms with Crippen molar-refractivity contribution in [1.82, 2.24) is 9.88 Å². The quantitative estimate of drug-likeness (QED) is 0.139. The van der Waals surface area contributed by atoms with E-state index < -0.39 is 6.10 Å². The van der Waals surface area contributed by atoms with Gasteiger partial charge in [-0.1, -0.05) is 18.2 Å². The maximum absolute atomic E-state index is 9.86. The number of rotatable bonds is 13. The van der Waals surface area contributed by atoms with Crippen LogP contribution in [0.4, 0.5) is 28.7 Å². The van der Waals surface area contributed by atoms with E-state index in [1.54, 1.807) is 18.7 Å². The second-order valence-electron chi connectivity index (χ2n) is 10.4. The van der Waals surface area contributed by atoms with Gasteiger partial charge in [-0.05, 0) is 71.0 Å². The van der Waals surface area contributed by atoms with Crippen molar-refractivity contribution in [3.05, 3.63) is 65.7 Å². The summed E-state index contributed by atoms with van der Waals surface area (Å²) in [6, 6.07) is 19.7. The highest BCUT2D eigenvalue weighted by Gasteiger charge is 2.20. The Bertz CT molecular complexity index is 1300. The van der Waals surface area contributed by atoms with Gasteiger partial charge in [0.25, 0.3) is 0 Å². The number of pyridine rings is 1. The standard InChI is InChI=1S/C30H39N7O2S/c1-21(39)20-32-28-26(19-31)22(2)27(29(34-28)33-23-9-7-6-8-10-23)36-35-24-11-13-25(14-12-24)40-18-16-37(15-17-38)30(3,4)5/h6-14,21,38-39H,15-18,20H2,1-5H3,(H2,32,33,34). The molecule has 3 rings (SSSR count). The lowest BCUT2D eigenvalue weighted by atomic mass is 10.1. The lowest BCUT2D eigenvalue weighted by Gasteiger charge is -2.35. The largest absolute Gasteiger partial charge is 0.395 e. The second-order valence-corrected chi connectivity index (χ2v) is 11.6. The zero-order chi connectivity index (χ0) is 29.1. The van der Waals surface area contributed by atoms with Crippen molar-refractivity contribution in [3.8, 4) is 6.07 Å². The van der Waals surface area contributed by atoms with Gasteiger partial charge in [0.05, 0.1) is 24.0 Å². The first-order valence-corrected chi connectivity index (χ1v) is 14.3. The molecular formula is C30H39N7O2S. The first kappa shape index (κ1) is 31.0. The van der Waals surface area contributed by atoms with Gasteiger partial charge in [-0.2, -0.15) is 10.4 Å². The topological polar surface area (TPSA) is 129 Å². The molecule has 1 heterocycles. The van der Waals surface area contributed by atoms with Gasteiger partial charge in [0.2, 0.25) is 0 Å². The van der Waals surface area contributed by atoms with Crippen molar-refractivity contribution < 1.29 is 10.2 Å². The van der Waals surface area contributed by atoms with Crippen molar-refractivity contribution in [3.63, 3.8) is 0 Å². The number of azo groups is 1. The molecule has 3 aromatic rings. The molecule has 0 aliphatic rings. The fourth-order valence-electron chi connectivity index (χ4n) is 3.96. The summed E-state index contributed by atoms with van der Waals surface area (Å²) in [5, 5.41) is 44.3. The molecule has 0 aliphatic heterocycles. The van der Waals surface area contributed by atoms with E-state index in [1.807, 2.05) is 61.5 Å². The van der Waals surface area contributed by atoms with Crippen LogP contribution in [-0.4, -0.2) is 63.7 Å². The molecule has 10 heteroatoms. The summed E-state index contributed by atoms with van der Waals surface area (Å²) in [7, 11) is 0. The average Bonchev–Trinajstić information content (AvgIpc) is 2.92. The average molecular weight is 562 g/mol. The number of hydrogen-bond donors (Lipinski definition) is 4. The van der Waals surface area contributed by atoms with Crippen LogP contribution in [0, 0.1) is 18.3 Å². The van der Waals surface area contributed by atoms with E-state index in [0.717, 1.165) is 22.9 Å². The third-order valence-corrected chi connectivity index (χ3v) is 7.17. The maximum atomic E-state index is 9.86. The Balaban J connectivity index is 1.81. The number of aliphatic hydroxyl groups is 2. The van der Waals surface area contributed by atoms with Crippen molar-refractivity contribution in [2.75, 3.05) is 42.6 Å². The summed E-state index contributed by atoms with van der Waals surface area (Å²) in [5.74, 6) is 1.74. The molecule has 0 saturated heterocycles. The fourth-order valence-corrected chi connectivity index (χ4v) is 4.84. The zero-order valence-corrected chi connectivity index (χ0v) is 24.7. The molecule has 0 bridgehead atoms. The molecule has 1 aromatic heterocycles. The van der Waals surface area contributed by atoms with Gasteiger partial charge < -0.3 is 20.8 Å². The number of aromatic nitrogens is 1. The number of aliphatic hydroxyl groups excluding tert-OH is 2. The van der Waals surface area contributed by atoms with Crippen LogP contribution < -0.4 is 10.6 Å². The molecule has 0 fully saturated rings. The Labute approximate surface area is 241 Å². The van der Waals surface area contributed by atoms with Crippen LogP contribution in [0.1, 0.15) is 38.8 Å². The number of para-hydroxylation sites is 1. The number of benzene rings is 2. The van der Waals surface area contributed by atoms with E-state index in [2.05, 4.69) is 57.6 Å². The van der Waals surface area contributed by atoms with Crippen molar-refractivity contribution in [2.24, 2.45) is 10.2 Å². The molecule has 0 spiro atoms. The van der Waals surface area contributed by atoms with Gasteiger partial charge in [-0.15, -0.1) is 16.9 Å². The zero-order valence-electron chi connectivity index (χ0n) is 23.8. The molecular weight excluding hydrogens is 522 g/mol. The third kappa shape index (κ3) is 9.03. The number of β-amino-alcohol motifs (C(OH)–C–C–N with tert-alkyl or cyclic N) is 1. The van der Waals surface area contributed by atoms with E-state index in [0.29, 0.717) is 40.7 Å². The minimum absolute atomic E-state index is 0.00563. The maximum Gasteiger partial charge on any atom is 0.161 e. The number of anilines is 3. The van der Waals surface area contributed by atoms with Crippen molar-refractivity contribution in [2.45, 2.75) is 51.2 Å². The Morgan fingerprint density at radius 1 is 1.05 bits per heavy atom. The monoisotopic (exact) mass is 561 g/mol. The Morgan fingerprint density at radius 2 is 1.75 bits per heavy atom. The molecule has 1 atom stereocenters. The highest BCUT2D eigenvalue weighted by Crippen LogP contribution is 2.36. The highest BCUT2D eigenvalue weighted by molar-refractivity contribution is 7.99. The number of nitrogens with zero attached hydrogens (tertiary/aromatic N) is 5. The summed E-state index contributed by atoms with van der Waals surface area (Å²) in [6.07, 6.45) is -0.599. The van der Waals surface area contributed by atoms with E-state index in [4.69, 9.17) is 0 Å². The number of hydrogen-bond acceptors (Lipinski definition) is 10. The SMILES string of the molecule is Cc1c(C#N)c(NCC(C)O)nc(Nc2ccccc2)c1N=Nc1ccc(SCCN(CCO)C(C)(C)C)cc1. The molecule has 1 unspecified atom stereocenters. The minimum Gasteiger partial charge on any atom is -0.395 e. The summed E-state index contributed by atoms with van der Waals surface area (Å²) in [4.78, 5) is 8.05. The summed E-state index contributed by atoms with van der Waals surface area (Å²) in [5.41, 5.74) is 2.96. The van der Waals surface area contributed by atoms with Crippen LogP contribution in [-0.2, 0) is 0 Å². The molecule has 4 N–H and O–H groups in total. The van der Waals surface area contributed by atoms with Gasteiger partial charge in [-0.3, -0.25) is 4.90 Å². The van der Waals surface area contributed by atoms with Crippen LogP contribution in [0.5, 0.6) is 0 Å². The van der Waals surface area contributed by atoms with Crippen LogP contribution >= 0.6 is 11.8 Å². The minimum atomic E-state index is -0.599. The van der Waals surface area contributed by atoms with Gasteiger partial charge in [0.1, 0.15) is 17.6 Å². The van der Waals surface area contributed by atoms with Gasteiger partial charge in [-0.25, -0.2) is 4.98 Å². The molecule has 9 nitrogen and oxygen atoms in total. The summed E-state index contributed by atoms with van der Waals surface area (Å²) >= 11 is 1.76. The molecule has 0 saturated carbocycles. The molecule has 0 radical (unpaired) electrons. The fraction of sp³-hybridized carbons (Fsp3) is 0.400. The molecule has 0 amide bonds. The van der Waals surface area contributed by atoms with E-state index in [1.165, 1.54) is 0 Å². The lowest BCUT2D eigenvalue weighted by molar-refractivity contribution is 0.114. The number of thioether (sulfide) groups is 1. The van der Waals surface area contributed by atoms with E-state index >= 15 is 0 Å². The predicted octanol–water partition coefficient (Wildman–Crippen LogP) is 6.40. The van der Waals surface area contributed by atoms with E-state index in [9.17, 15) is 15.5 Å². The number of nitriles is 1. The van der Waals surface area contributed by atoms with Crippen molar-refractivity contribution in [1.29, 1.82) is 5.26 Å². The normalized spacial score (nSPS) is 12.5. The second kappa shape index (κ2) is 14.8. The van der Waals surface area contributed by atoms with Crippen LogP contribution in [0.2, 0.25) is 0 Å². The lowest BCUT2D eigenvalue weighted by Crippen LogP contribution is -2.44. The highest BCUT2D eigenvalue weighted by atomic mass is 32.2. The van der Waals surface area contributed by atoms with Gasteiger partial charge in [0.15, 0.2) is 5.82 Å². The third-order valence-electron chi connectivity index (χ3n) is 6.18. The predicted molar refractivity (Wildman–Crippen MR) is 163 cm³/mol. The first-order valence-electron chi connectivity index (χ1n) is 13.3. The van der Waals surface area contributed by atoms with Gasteiger partial charge in [0, 0.05) is 47.1 Å². The Hall–Kier alpha value is -3.49. The first-order chi connectivity index (χ1) is 19.1. The molecule has 212 valence electrons. The van der Waals surface area contributed by atoms with Crippen molar-refractivity contribution >= 4 is 40.5 Å².